The van der Waals surface area contributed by atoms with Gasteiger partial charge in [0.25, 0.3) is 0 Å². The summed E-state index contributed by atoms with van der Waals surface area (Å²) in [5.41, 5.74) is 4.09. The molecule has 0 spiro atoms. The molecule has 2 aromatic heterocycles. The first-order valence-electron chi connectivity index (χ1n) is 11.2. The van der Waals surface area contributed by atoms with Crippen molar-refractivity contribution in [2.24, 2.45) is 17.8 Å². The topological polar surface area (TPSA) is 162 Å². The smallest absolute Gasteiger partial charge is 0.308 e. The van der Waals surface area contributed by atoms with Crippen molar-refractivity contribution in [3.05, 3.63) is 41.0 Å². The van der Waals surface area contributed by atoms with Gasteiger partial charge in [-0.2, -0.15) is 5.26 Å². The van der Waals surface area contributed by atoms with Gasteiger partial charge in [-0.1, -0.05) is 0 Å². The van der Waals surface area contributed by atoms with Gasteiger partial charge in [-0.05, 0) is 56.4 Å². The Kier molecular flexibility index (Phi) is 5.19. The molecule has 5 N–H and O–H groups in total. The highest BCUT2D eigenvalue weighted by molar-refractivity contribution is 6.11. The molecule has 2 atom stereocenters. The van der Waals surface area contributed by atoms with Gasteiger partial charge >= 0.3 is 5.97 Å². The lowest BCUT2D eigenvalue weighted by Crippen LogP contribution is -2.51. The summed E-state index contributed by atoms with van der Waals surface area (Å²) in [4.78, 5) is 24.1. The lowest BCUT2D eigenvalue weighted by Gasteiger charge is -2.47. The normalized spacial score (nSPS) is 26.5. The first-order valence-corrected chi connectivity index (χ1v) is 11.2. The molecule has 2 heterocycles. The fourth-order valence-electron chi connectivity index (χ4n) is 5.44. The highest BCUT2D eigenvalue weighted by atomic mass is 19.1. The average molecular weight is 467 g/mol. The summed E-state index contributed by atoms with van der Waals surface area (Å²) in [7, 11) is 0. The van der Waals surface area contributed by atoms with Crippen LogP contribution < -0.4 is 11.1 Å². The number of nitrogens with two attached hydrogens (primary N) is 1. The second-order valence-electron chi connectivity index (χ2n) is 9.42. The summed E-state index contributed by atoms with van der Waals surface area (Å²) in [6, 6.07) is 2.58. The molecule has 9 nitrogen and oxygen atoms in total. The number of nitrogen functional groups attached to an aromatic ring is 1. The molecule has 0 aromatic carbocycles. The van der Waals surface area contributed by atoms with Gasteiger partial charge in [0, 0.05) is 11.6 Å². The third-order valence-electron chi connectivity index (χ3n) is 7.45. The number of aromatic nitrogens is 3. The molecule has 0 amide bonds. The molecule has 2 aromatic rings. The molecule has 4 aliphatic rings. The van der Waals surface area contributed by atoms with E-state index in [2.05, 4.69) is 26.3 Å². The van der Waals surface area contributed by atoms with E-state index in [0.29, 0.717) is 12.8 Å². The van der Waals surface area contributed by atoms with Gasteiger partial charge in [-0.25, -0.2) is 23.7 Å². The van der Waals surface area contributed by atoms with E-state index in [-0.39, 0.29) is 46.3 Å². The lowest BCUT2D eigenvalue weighted by atomic mass is 9.61. The third kappa shape index (κ3) is 3.54. The summed E-state index contributed by atoms with van der Waals surface area (Å²) in [6.07, 6.45) is 5.02. The summed E-state index contributed by atoms with van der Waals surface area (Å²) < 4.78 is 29.4. The summed E-state index contributed by atoms with van der Waals surface area (Å²) in [5, 5.41) is 31.1. The third-order valence-corrected chi connectivity index (χ3v) is 7.45. The van der Waals surface area contributed by atoms with Gasteiger partial charge in [0.2, 0.25) is 0 Å². The van der Waals surface area contributed by atoms with Crippen molar-refractivity contribution in [3.63, 3.8) is 0 Å². The summed E-state index contributed by atoms with van der Waals surface area (Å²) in [5.74, 6) is -3.75. The molecule has 4 fully saturated rings. The Morgan fingerprint density at radius 3 is 2.53 bits per heavy atom. The highest BCUT2D eigenvalue weighted by Crippen LogP contribution is 2.49. The zero-order valence-electron chi connectivity index (χ0n) is 18.2. The minimum atomic E-state index is -1.14. The van der Waals surface area contributed by atoms with E-state index >= 15 is 4.39 Å². The number of nitriles is 1. The monoisotopic (exact) mass is 467 g/mol. The minimum Gasteiger partial charge on any atom is -0.481 e. The Balaban J connectivity index is 1.59. The van der Waals surface area contributed by atoms with Crippen LogP contribution in [0.2, 0.25) is 0 Å². The second kappa shape index (κ2) is 7.97. The van der Waals surface area contributed by atoms with Gasteiger partial charge in [0.1, 0.15) is 28.5 Å². The number of fused-ring (bicyclic) bond motifs is 3. The Bertz CT molecular complexity index is 1230. The Hall–Kier alpha value is -3.68. The SMILES string of the molecule is N#CC1(c2nc(C(=N)c3cc(F)cnc3N)nc(NC3C4CCC(CC4)C3C(=O)O)c2F)CC1. The molecule has 176 valence electrons. The number of hydrogen-bond acceptors (Lipinski definition) is 8. The molecule has 0 saturated heterocycles. The second-order valence-corrected chi connectivity index (χ2v) is 9.42. The van der Waals surface area contributed by atoms with Gasteiger partial charge in [0.15, 0.2) is 17.5 Å². The standard InChI is InChI=1S/C23H23F2N7O2/c24-12-7-13(19(28)29-8-12)16(27)21-31-18(23(9-26)5-6-23)15(25)20(32-21)30-17-11-3-1-10(2-4-11)14(17)22(33)34/h7-8,10-11,14,17,27H,1-6H2,(H2,28,29)(H,33,34)(H,30,31,32). The number of nitrogens with zero attached hydrogens (tertiary/aromatic N) is 4. The van der Waals surface area contributed by atoms with E-state index in [1.165, 1.54) is 0 Å². The number of hydrogen-bond donors (Lipinski definition) is 4. The molecule has 4 saturated carbocycles. The number of aliphatic carboxylic acids is 1. The molecule has 0 radical (unpaired) electrons. The van der Waals surface area contributed by atoms with Crippen molar-refractivity contribution in [3.8, 4) is 6.07 Å². The molecular weight excluding hydrogens is 444 g/mol. The average Bonchev–Trinajstić information content (AvgIpc) is 3.63. The quantitative estimate of drug-likeness (QED) is 0.471. The van der Waals surface area contributed by atoms with Crippen molar-refractivity contribution in [2.45, 2.75) is 50.0 Å². The van der Waals surface area contributed by atoms with E-state index in [9.17, 15) is 19.6 Å². The van der Waals surface area contributed by atoms with E-state index in [0.717, 1.165) is 37.9 Å². The highest BCUT2D eigenvalue weighted by Gasteiger charge is 2.51. The maximum atomic E-state index is 15.7. The van der Waals surface area contributed by atoms with Crippen molar-refractivity contribution in [1.82, 2.24) is 15.0 Å². The first-order chi connectivity index (χ1) is 16.2. The zero-order chi connectivity index (χ0) is 24.2. The van der Waals surface area contributed by atoms with Crippen molar-refractivity contribution < 1.29 is 18.7 Å². The molecule has 4 aliphatic carbocycles. The molecule has 11 heteroatoms. The molecule has 6 rings (SSSR count). The largest absolute Gasteiger partial charge is 0.481 e. The molecule has 0 aliphatic heterocycles. The summed E-state index contributed by atoms with van der Waals surface area (Å²) >= 11 is 0. The van der Waals surface area contributed by atoms with E-state index < -0.39 is 35.0 Å². The van der Waals surface area contributed by atoms with E-state index in [1.807, 2.05) is 0 Å². The van der Waals surface area contributed by atoms with Gasteiger partial charge in [-0.15, -0.1) is 0 Å². The number of pyridine rings is 1. The maximum Gasteiger partial charge on any atom is 0.308 e. The Morgan fingerprint density at radius 1 is 1.24 bits per heavy atom. The number of carboxylic acid groups (broad SMARTS) is 1. The predicted molar refractivity (Wildman–Crippen MR) is 117 cm³/mol. The van der Waals surface area contributed by atoms with Gasteiger partial charge in [0.05, 0.1) is 18.2 Å². The summed E-state index contributed by atoms with van der Waals surface area (Å²) in [6.45, 7) is 0. The van der Waals surface area contributed by atoms with Gasteiger partial charge < -0.3 is 16.2 Å². The number of nitrogens with one attached hydrogen (secondary N) is 2. The van der Waals surface area contributed by atoms with Crippen LogP contribution in [0, 0.1) is 46.1 Å². The first kappa shape index (κ1) is 22.1. The van der Waals surface area contributed by atoms with Crippen molar-refractivity contribution in [1.29, 1.82) is 10.7 Å². The van der Waals surface area contributed by atoms with Crippen LogP contribution in [0.5, 0.6) is 0 Å². The molecule has 2 bridgehead atoms. The van der Waals surface area contributed by atoms with Crippen LogP contribution in [-0.2, 0) is 10.2 Å². The lowest BCUT2D eigenvalue weighted by molar-refractivity contribution is -0.148. The minimum absolute atomic E-state index is 0.00538. The van der Waals surface area contributed by atoms with Crippen LogP contribution >= 0.6 is 0 Å². The number of carbonyl (C=O) groups is 1. The van der Waals surface area contributed by atoms with Crippen LogP contribution in [0.1, 0.15) is 55.6 Å². The maximum absolute atomic E-state index is 15.7. The van der Waals surface area contributed by atoms with Crippen LogP contribution in [0.3, 0.4) is 0 Å². The number of carboxylic acids is 1. The van der Waals surface area contributed by atoms with Crippen molar-refractivity contribution >= 4 is 23.3 Å². The van der Waals surface area contributed by atoms with Crippen LogP contribution in [0.4, 0.5) is 20.4 Å². The van der Waals surface area contributed by atoms with E-state index in [4.69, 9.17) is 11.1 Å². The van der Waals surface area contributed by atoms with Crippen LogP contribution in [-0.4, -0.2) is 37.8 Å². The number of halogens is 2. The van der Waals surface area contributed by atoms with Gasteiger partial charge in [-0.3, -0.25) is 10.2 Å². The number of anilines is 2. The van der Waals surface area contributed by atoms with E-state index in [1.54, 1.807) is 0 Å². The fourth-order valence-corrected chi connectivity index (χ4v) is 5.44. The molecular formula is C23H23F2N7O2. The fraction of sp³-hybridized carbons (Fsp3) is 0.478. The zero-order valence-corrected chi connectivity index (χ0v) is 18.2. The Labute approximate surface area is 193 Å². The number of rotatable bonds is 6. The molecule has 34 heavy (non-hydrogen) atoms. The van der Waals surface area contributed by atoms with Crippen LogP contribution in [0.15, 0.2) is 12.3 Å². The van der Waals surface area contributed by atoms with Crippen LogP contribution in [0.25, 0.3) is 0 Å². The Morgan fingerprint density at radius 2 is 1.91 bits per heavy atom. The predicted octanol–water partition coefficient (Wildman–Crippen LogP) is 3.00. The van der Waals surface area contributed by atoms with Crippen molar-refractivity contribution in [2.75, 3.05) is 11.1 Å². The molecule has 2 unspecified atom stereocenters.